The van der Waals surface area contributed by atoms with Crippen LogP contribution >= 0.6 is 0 Å². The Balaban J connectivity index is 1.82. The van der Waals surface area contributed by atoms with Crippen LogP contribution in [0.5, 0.6) is 34.5 Å². The van der Waals surface area contributed by atoms with E-state index in [2.05, 4.69) is 0 Å². The van der Waals surface area contributed by atoms with E-state index in [4.69, 9.17) is 32.8 Å². The molecule has 0 atom stereocenters. The van der Waals surface area contributed by atoms with E-state index < -0.39 is 0 Å². The Kier molecular flexibility index (Phi) is 7.01. The summed E-state index contributed by atoms with van der Waals surface area (Å²) in [5.41, 5.74) is 1.49. The molecule has 1 aromatic heterocycles. The minimum Gasteiger partial charge on any atom is -0.493 e. The molecule has 0 N–H and O–H groups in total. The molecule has 182 valence electrons. The van der Waals surface area contributed by atoms with Gasteiger partial charge in [-0.25, -0.2) is 0 Å². The third kappa shape index (κ3) is 4.42. The Hall–Kier alpha value is -4.33. The maximum Gasteiger partial charge on any atom is 0.211 e. The summed E-state index contributed by atoms with van der Waals surface area (Å²) in [4.78, 5) is 13.2. The molecule has 0 aliphatic rings. The zero-order chi connectivity index (χ0) is 24.9. The summed E-state index contributed by atoms with van der Waals surface area (Å²) in [6.45, 7) is 0.389. The van der Waals surface area contributed by atoms with Gasteiger partial charge >= 0.3 is 0 Å². The molecule has 0 radical (unpaired) electrons. The molecule has 4 aromatic rings. The number of hydrogen-bond acceptors (Lipinski definition) is 8. The van der Waals surface area contributed by atoms with E-state index in [-0.39, 0.29) is 39.4 Å². The molecule has 0 unspecified atom stereocenters. The molecule has 0 saturated heterocycles. The van der Waals surface area contributed by atoms with E-state index >= 15 is 0 Å². The van der Waals surface area contributed by atoms with Crippen LogP contribution in [0.15, 0.2) is 63.8 Å². The van der Waals surface area contributed by atoms with E-state index in [1.807, 2.05) is 30.3 Å². The highest BCUT2D eigenvalue weighted by Crippen LogP contribution is 2.50. The molecule has 8 nitrogen and oxygen atoms in total. The van der Waals surface area contributed by atoms with Gasteiger partial charge in [-0.1, -0.05) is 30.3 Å². The molecular weight excluding hydrogens is 452 g/mol. The molecule has 4 rings (SSSR count). The summed E-state index contributed by atoms with van der Waals surface area (Å²) in [7, 11) is 7.37. The van der Waals surface area contributed by atoms with Crippen LogP contribution in [0.3, 0.4) is 0 Å². The second-order valence-corrected chi connectivity index (χ2v) is 7.45. The first-order valence-corrected chi connectivity index (χ1v) is 10.7. The van der Waals surface area contributed by atoms with Crippen molar-refractivity contribution < 1.29 is 32.8 Å². The summed E-state index contributed by atoms with van der Waals surface area (Å²) in [6.07, 6.45) is 0. The lowest BCUT2D eigenvalue weighted by molar-refractivity contribution is 0.284. The molecule has 0 amide bonds. The van der Waals surface area contributed by atoms with Crippen LogP contribution in [0, 0.1) is 0 Å². The highest BCUT2D eigenvalue weighted by molar-refractivity contribution is 5.95. The van der Waals surface area contributed by atoms with Crippen LogP contribution in [0.1, 0.15) is 5.56 Å². The van der Waals surface area contributed by atoms with Crippen molar-refractivity contribution in [1.82, 2.24) is 0 Å². The SMILES string of the molecule is COc1cc(-c2cc(=O)c3c(OC)c(OC)c(OC)c(OC)c3o2)ccc1OCc1ccccc1. The van der Waals surface area contributed by atoms with Gasteiger partial charge < -0.3 is 32.8 Å². The summed E-state index contributed by atoms with van der Waals surface area (Å²) in [5.74, 6) is 2.27. The first kappa shape index (κ1) is 23.8. The predicted octanol–water partition coefficient (Wildman–Crippen LogP) is 5.08. The molecule has 0 saturated carbocycles. The zero-order valence-electron chi connectivity index (χ0n) is 20.2. The van der Waals surface area contributed by atoms with Gasteiger partial charge in [0.2, 0.25) is 17.2 Å². The molecule has 1 heterocycles. The van der Waals surface area contributed by atoms with Gasteiger partial charge in [0.25, 0.3) is 0 Å². The van der Waals surface area contributed by atoms with Crippen LogP contribution in [0.25, 0.3) is 22.3 Å². The topological polar surface area (TPSA) is 85.6 Å². The lowest BCUT2D eigenvalue weighted by atomic mass is 10.1. The lowest BCUT2D eigenvalue weighted by Gasteiger charge is -2.18. The molecule has 35 heavy (non-hydrogen) atoms. The van der Waals surface area contributed by atoms with E-state index in [0.29, 0.717) is 29.4 Å². The Morgan fingerprint density at radius 1 is 0.686 bits per heavy atom. The van der Waals surface area contributed by atoms with Crippen molar-refractivity contribution in [3.8, 4) is 45.8 Å². The van der Waals surface area contributed by atoms with Crippen molar-refractivity contribution in [3.63, 3.8) is 0 Å². The van der Waals surface area contributed by atoms with Gasteiger partial charge in [0.1, 0.15) is 17.8 Å². The quantitative estimate of drug-likeness (QED) is 0.329. The number of fused-ring (bicyclic) bond motifs is 1. The fraction of sp³-hybridized carbons (Fsp3) is 0.222. The van der Waals surface area contributed by atoms with Crippen molar-refractivity contribution >= 4 is 11.0 Å². The van der Waals surface area contributed by atoms with E-state index in [1.54, 1.807) is 25.3 Å². The maximum absolute atomic E-state index is 13.2. The molecule has 0 bridgehead atoms. The highest BCUT2D eigenvalue weighted by atomic mass is 16.5. The minimum atomic E-state index is -0.333. The van der Waals surface area contributed by atoms with Gasteiger partial charge in [-0.2, -0.15) is 0 Å². The molecule has 0 fully saturated rings. The van der Waals surface area contributed by atoms with Gasteiger partial charge in [0.05, 0.1) is 35.5 Å². The van der Waals surface area contributed by atoms with E-state index in [0.717, 1.165) is 5.56 Å². The molecular formula is C27H26O8. The molecule has 8 heteroatoms. The Morgan fingerprint density at radius 3 is 1.97 bits per heavy atom. The summed E-state index contributed by atoms with van der Waals surface area (Å²) < 4.78 is 39.6. The smallest absolute Gasteiger partial charge is 0.211 e. The average molecular weight is 478 g/mol. The van der Waals surface area contributed by atoms with Gasteiger partial charge in [-0.05, 0) is 23.8 Å². The highest BCUT2D eigenvalue weighted by Gasteiger charge is 2.27. The minimum absolute atomic E-state index is 0.174. The third-order valence-corrected chi connectivity index (χ3v) is 5.50. The molecule has 0 aliphatic carbocycles. The number of rotatable bonds is 9. The van der Waals surface area contributed by atoms with E-state index in [9.17, 15) is 4.79 Å². The Labute approximate surface area is 202 Å². The van der Waals surface area contributed by atoms with Crippen LogP contribution in [0.4, 0.5) is 0 Å². The molecule has 0 spiro atoms. The van der Waals surface area contributed by atoms with Gasteiger partial charge in [-0.3, -0.25) is 4.79 Å². The van der Waals surface area contributed by atoms with Crippen molar-refractivity contribution in [2.75, 3.05) is 35.5 Å². The number of benzene rings is 3. The second kappa shape index (κ2) is 10.3. The summed E-state index contributed by atoms with van der Waals surface area (Å²) in [5, 5.41) is 0.181. The fourth-order valence-electron chi connectivity index (χ4n) is 3.86. The second-order valence-electron chi connectivity index (χ2n) is 7.45. The predicted molar refractivity (Wildman–Crippen MR) is 131 cm³/mol. The van der Waals surface area contributed by atoms with Crippen molar-refractivity contribution in [2.45, 2.75) is 6.61 Å². The standard InChI is InChI=1S/C27H26O8/c1-29-21-13-17(11-12-19(21)34-15-16-9-7-6-8-10-16)20-14-18(28)22-23(30-2)25(31-3)27(33-5)26(32-4)24(22)35-20/h6-14H,15H2,1-5H3. The monoisotopic (exact) mass is 478 g/mol. The first-order chi connectivity index (χ1) is 17.1. The van der Waals surface area contributed by atoms with Crippen LogP contribution in [-0.2, 0) is 6.61 Å². The van der Waals surface area contributed by atoms with Crippen molar-refractivity contribution in [3.05, 3.63) is 70.4 Å². The van der Waals surface area contributed by atoms with Gasteiger partial charge in [-0.15, -0.1) is 0 Å². The average Bonchev–Trinajstić information content (AvgIpc) is 2.90. The Bertz CT molecular complexity index is 1390. The van der Waals surface area contributed by atoms with Crippen LogP contribution in [-0.4, -0.2) is 35.5 Å². The van der Waals surface area contributed by atoms with Crippen molar-refractivity contribution in [1.29, 1.82) is 0 Å². The largest absolute Gasteiger partial charge is 0.493 e. The lowest BCUT2D eigenvalue weighted by Crippen LogP contribution is -2.07. The van der Waals surface area contributed by atoms with Crippen LogP contribution in [0.2, 0.25) is 0 Å². The first-order valence-electron chi connectivity index (χ1n) is 10.7. The third-order valence-electron chi connectivity index (χ3n) is 5.50. The molecule has 3 aromatic carbocycles. The maximum atomic E-state index is 13.2. The van der Waals surface area contributed by atoms with Crippen LogP contribution < -0.4 is 33.8 Å². The molecule has 0 aliphatic heterocycles. The van der Waals surface area contributed by atoms with Crippen molar-refractivity contribution in [2.24, 2.45) is 0 Å². The van der Waals surface area contributed by atoms with E-state index in [1.165, 1.54) is 34.5 Å². The number of methoxy groups -OCH3 is 5. The van der Waals surface area contributed by atoms with Gasteiger partial charge in [0.15, 0.2) is 28.3 Å². The summed E-state index contributed by atoms with van der Waals surface area (Å²) in [6, 6.07) is 16.5. The summed E-state index contributed by atoms with van der Waals surface area (Å²) >= 11 is 0. The van der Waals surface area contributed by atoms with Gasteiger partial charge in [0, 0.05) is 11.6 Å². The normalized spacial score (nSPS) is 10.7. The number of ether oxygens (including phenoxy) is 6. The Morgan fingerprint density at radius 2 is 1.34 bits per heavy atom. The fourth-order valence-corrected chi connectivity index (χ4v) is 3.86. The zero-order valence-corrected chi connectivity index (χ0v) is 20.2. The number of hydrogen-bond donors (Lipinski definition) is 0.